The molecule has 1 N–H and O–H groups in total. The number of nitrogens with one attached hydrogen (secondary N) is 1. The minimum atomic E-state index is -0.468. The predicted octanol–water partition coefficient (Wildman–Crippen LogP) is 2.01. The fourth-order valence-corrected chi connectivity index (χ4v) is 1.36. The maximum absolute atomic E-state index is 12.6. The molecule has 0 fully saturated rings. The third-order valence-corrected chi connectivity index (χ3v) is 2.21. The minimum absolute atomic E-state index is 0.237. The Labute approximate surface area is 97.6 Å². The van der Waals surface area contributed by atoms with Crippen LogP contribution in [0.25, 0.3) is 0 Å². The lowest BCUT2D eigenvalue weighted by Gasteiger charge is -2.13. The number of rotatable bonds is 5. The SMILES string of the molecule is COC(CNc1ncc(F)cn1)c1ccco1. The third kappa shape index (κ3) is 3.01. The van der Waals surface area contributed by atoms with Crippen LogP contribution in [0.1, 0.15) is 11.9 Å². The molecule has 0 aliphatic rings. The van der Waals surface area contributed by atoms with Gasteiger partial charge in [-0.2, -0.15) is 0 Å². The molecular formula is C11H12FN3O2. The molecule has 2 aromatic heterocycles. The Morgan fingerprint density at radius 2 is 2.24 bits per heavy atom. The molecule has 2 aromatic rings. The van der Waals surface area contributed by atoms with Crippen LogP contribution >= 0.6 is 0 Å². The molecule has 2 rings (SSSR count). The maximum Gasteiger partial charge on any atom is 0.222 e. The maximum atomic E-state index is 12.6. The van der Waals surface area contributed by atoms with Crippen molar-refractivity contribution in [1.29, 1.82) is 0 Å². The fourth-order valence-electron chi connectivity index (χ4n) is 1.36. The zero-order valence-corrected chi connectivity index (χ0v) is 9.26. The van der Waals surface area contributed by atoms with Gasteiger partial charge in [0.15, 0.2) is 5.82 Å². The number of hydrogen-bond donors (Lipinski definition) is 1. The van der Waals surface area contributed by atoms with E-state index in [-0.39, 0.29) is 6.10 Å². The Bertz CT molecular complexity index is 444. The molecule has 0 radical (unpaired) electrons. The van der Waals surface area contributed by atoms with Crippen molar-refractivity contribution in [2.24, 2.45) is 0 Å². The van der Waals surface area contributed by atoms with Gasteiger partial charge in [-0.15, -0.1) is 0 Å². The van der Waals surface area contributed by atoms with Gasteiger partial charge >= 0.3 is 0 Å². The highest BCUT2D eigenvalue weighted by Gasteiger charge is 2.13. The van der Waals surface area contributed by atoms with Gasteiger partial charge in [0.25, 0.3) is 0 Å². The highest BCUT2D eigenvalue weighted by atomic mass is 19.1. The molecule has 2 heterocycles. The van der Waals surface area contributed by atoms with Crippen LogP contribution in [0.4, 0.5) is 10.3 Å². The predicted molar refractivity (Wildman–Crippen MR) is 58.9 cm³/mol. The highest BCUT2D eigenvalue weighted by molar-refractivity contribution is 5.23. The van der Waals surface area contributed by atoms with Crippen LogP contribution < -0.4 is 5.32 Å². The van der Waals surface area contributed by atoms with Crippen LogP contribution in [0.3, 0.4) is 0 Å². The number of ether oxygens (including phenoxy) is 1. The van der Waals surface area contributed by atoms with Gasteiger partial charge in [0.1, 0.15) is 11.9 Å². The van der Waals surface area contributed by atoms with E-state index in [4.69, 9.17) is 9.15 Å². The number of methoxy groups -OCH3 is 1. The molecule has 0 aliphatic heterocycles. The van der Waals surface area contributed by atoms with Crippen LogP contribution in [0.5, 0.6) is 0 Å². The molecule has 1 unspecified atom stereocenters. The third-order valence-electron chi connectivity index (χ3n) is 2.21. The second-order valence-corrected chi connectivity index (χ2v) is 3.35. The van der Waals surface area contributed by atoms with Crippen LogP contribution in [0.2, 0.25) is 0 Å². The topological polar surface area (TPSA) is 60.2 Å². The molecule has 1 atom stereocenters. The van der Waals surface area contributed by atoms with E-state index in [0.29, 0.717) is 18.3 Å². The monoisotopic (exact) mass is 237 g/mol. The Morgan fingerprint density at radius 1 is 1.47 bits per heavy atom. The summed E-state index contributed by atoms with van der Waals surface area (Å²) in [5.74, 6) is 0.590. The zero-order valence-electron chi connectivity index (χ0n) is 9.26. The number of furan rings is 1. The van der Waals surface area contributed by atoms with E-state index in [9.17, 15) is 4.39 Å². The van der Waals surface area contributed by atoms with Crippen molar-refractivity contribution < 1.29 is 13.5 Å². The van der Waals surface area contributed by atoms with Gasteiger partial charge in [-0.1, -0.05) is 0 Å². The summed E-state index contributed by atoms with van der Waals surface area (Å²) in [5, 5.41) is 2.94. The first kappa shape index (κ1) is 11.5. The lowest BCUT2D eigenvalue weighted by molar-refractivity contribution is 0.0942. The first-order chi connectivity index (χ1) is 8.29. The summed E-state index contributed by atoms with van der Waals surface area (Å²) in [6.45, 7) is 0.440. The molecule has 0 saturated carbocycles. The van der Waals surface area contributed by atoms with Crippen molar-refractivity contribution in [2.45, 2.75) is 6.10 Å². The van der Waals surface area contributed by atoms with Gasteiger partial charge < -0.3 is 14.5 Å². The molecule has 0 aromatic carbocycles. The minimum Gasteiger partial charge on any atom is -0.467 e. The van der Waals surface area contributed by atoms with Crippen LogP contribution in [-0.4, -0.2) is 23.6 Å². The summed E-state index contributed by atoms with van der Waals surface area (Å²) in [7, 11) is 1.58. The highest BCUT2D eigenvalue weighted by Crippen LogP contribution is 2.17. The van der Waals surface area contributed by atoms with Crippen LogP contribution in [0.15, 0.2) is 35.2 Å². The van der Waals surface area contributed by atoms with Crippen molar-refractivity contribution >= 4 is 5.95 Å². The number of anilines is 1. The molecule has 0 bridgehead atoms. The first-order valence-electron chi connectivity index (χ1n) is 5.07. The fraction of sp³-hybridized carbons (Fsp3) is 0.273. The molecule has 0 amide bonds. The number of hydrogen-bond acceptors (Lipinski definition) is 5. The second-order valence-electron chi connectivity index (χ2n) is 3.35. The van der Waals surface area contributed by atoms with E-state index in [1.807, 2.05) is 6.07 Å². The second kappa shape index (κ2) is 5.40. The normalized spacial score (nSPS) is 12.4. The van der Waals surface area contributed by atoms with E-state index in [1.54, 1.807) is 19.4 Å². The van der Waals surface area contributed by atoms with Gasteiger partial charge in [0, 0.05) is 7.11 Å². The standard InChI is InChI=1S/C11H12FN3O2/c1-16-10(9-3-2-4-17-9)7-15-11-13-5-8(12)6-14-11/h2-6,10H,7H2,1H3,(H,13,14,15). The van der Waals surface area contributed by atoms with E-state index in [1.165, 1.54) is 0 Å². The Morgan fingerprint density at radius 3 is 2.82 bits per heavy atom. The summed E-state index contributed by atoms with van der Waals surface area (Å²) in [6, 6.07) is 3.61. The number of halogens is 1. The number of aromatic nitrogens is 2. The quantitative estimate of drug-likeness (QED) is 0.861. The van der Waals surface area contributed by atoms with Crippen LogP contribution in [-0.2, 0) is 4.74 Å². The summed E-state index contributed by atoms with van der Waals surface area (Å²) in [6.07, 6.45) is 3.54. The van der Waals surface area contributed by atoms with Gasteiger partial charge in [0.2, 0.25) is 5.95 Å². The number of nitrogens with zero attached hydrogens (tertiary/aromatic N) is 2. The Balaban J connectivity index is 1.94. The summed E-state index contributed by atoms with van der Waals surface area (Å²) in [4.78, 5) is 7.56. The van der Waals surface area contributed by atoms with E-state index in [0.717, 1.165) is 12.4 Å². The zero-order chi connectivity index (χ0) is 12.1. The Hall–Kier alpha value is -1.95. The van der Waals surface area contributed by atoms with E-state index < -0.39 is 5.82 Å². The largest absolute Gasteiger partial charge is 0.467 e. The summed E-state index contributed by atoms with van der Waals surface area (Å²) < 4.78 is 23.1. The molecule has 90 valence electrons. The average Bonchev–Trinajstić information content (AvgIpc) is 2.86. The van der Waals surface area contributed by atoms with Crippen molar-refractivity contribution in [2.75, 3.05) is 19.0 Å². The lowest BCUT2D eigenvalue weighted by atomic mass is 10.3. The van der Waals surface area contributed by atoms with Crippen LogP contribution in [0, 0.1) is 5.82 Å². The molecule has 0 aliphatic carbocycles. The van der Waals surface area contributed by atoms with Crippen molar-refractivity contribution in [3.63, 3.8) is 0 Å². The van der Waals surface area contributed by atoms with Gasteiger partial charge in [0.05, 0.1) is 25.2 Å². The lowest BCUT2D eigenvalue weighted by Crippen LogP contribution is -2.15. The molecular weight excluding hydrogens is 225 g/mol. The van der Waals surface area contributed by atoms with Gasteiger partial charge in [-0.25, -0.2) is 14.4 Å². The molecule has 6 heteroatoms. The van der Waals surface area contributed by atoms with E-state index >= 15 is 0 Å². The van der Waals surface area contributed by atoms with E-state index in [2.05, 4.69) is 15.3 Å². The van der Waals surface area contributed by atoms with Crippen molar-refractivity contribution in [1.82, 2.24) is 9.97 Å². The van der Waals surface area contributed by atoms with Gasteiger partial charge in [-0.3, -0.25) is 0 Å². The summed E-state index contributed by atoms with van der Waals surface area (Å²) >= 11 is 0. The molecule has 17 heavy (non-hydrogen) atoms. The molecule has 0 spiro atoms. The first-order valence-corrected chi connectivity index (χ1v) is 5.07. The van der Waals surface area contributed by atoms with Gasteiger partial charge in [-0.05, 0) is 12.1 Å². The van der Waals surface area contributed by atoms with Crippen molar-refractivity contribution in [3.8, 4) is 0 Å². The molecule has 5 nitrogen and oxygen atoms in total. The van der Waals surface area contributed by atoms with Crippen molar-refractivity contribution in [3.05, 3.63) is 42.4 Å². The summed E-state index contributed by atoms with van der Waals surface area (Å²) in [5.41, 5.74) is 0. The average molecular weight is 237 g/mol. The Kier molecular flexibility index (Phi) is 3.66. The molecule has 0 saturated heterocycles. The smallest absolute Gasteiger partial charge is 0.222 e.